The molecule has 0 aliphatic heterocycles. The zero-order valence-corrected chi connectivity index (χ0v) is 12.0. The van der Waals surface area contributed by atoms with Crippen molar-refractivity contribution in [1.29, 1.82) is 0 Å². The number of aliphatic hydroxyl groups excluding tert-OH is 1. The van der Waals surface area contributed by atoms with Gasteiger partial charge in [0.15, 0.2) is 5.78 Å². The van der Waals surface area contributed by atoms with Crippen LogP contribution in [0.3, 0.4) is 0 Å². The van der Waals surface area contributed by atoms with Gasteiger partial charge in [-0.3, -0.25) is 4.79 Å². The van der Waals surface area contributed by atoms with Crippen LogP contribution in [-0.2, 0) is 0 Å². The van der Waals surface area contributed by atoms with Crippen LogP contribution in [0.25, 0.3) is 22.2 Å². The second-order valence-corrected chi connectivity index (χ2v) is 5.44. The van der Waals surface area contributed by atoms with Crippen molar-refractivity contribution in [1.82, 2.24) is 4.98 Å². The number of hydrogen-bond donors (Lipinski definition) is 1. The van der Waals surface area contributed by atoms with Crippen molar-refractivity contribution in [2.24, 2.45) is 0 Å². The van der Waals surface area contributed by atoms with E-state index in [1.165, 1.54) is 0 Å². The molecule has 1 aromatic heterocycles. The predicted molar refractivity (Wildman–Crippen MR) is 86.7 cm³/mol. The molecule has 106 valence electrons. The third-order valence-corrected chi connectivity index (χ3v) is 4.10. The lowest BCUT2D eigenvalue weighted by Gasteiger charge is -2.05. The maximum absolute atomic E-state index is 12.6. The predicted octanol–water partition coefficient (Wildman–Crippen LogP) is 4.17. The van der Waals surface area contributed by atoms with Crippen molar-refractivity contribution in [3.8, 4) is 0 Å². The molecule has 0 unspecified atom stereocenters. The number of allylic oxidation sites excluding steroid dienone is 1. The fraction of sp³-hybridized carbons (Fsp3) is 0.0526. The highest BCUT2D eigenvalue weighted by Crippen LogP contribution is 2.36. The molecule has 3 aromatic rings. The first-order valence-electron chi connectivity index (χ1n) is 7.11. The summed E-state index contributed by atoms with van der Waals surface area (Å²) in [5.74, 6) is -0.160. The lowest BCUT2D eigenvalue weighted by Crippen LogP contribution is -2.00. The summed E-state index contributed by atoms with van der Waals surface area (Å²) >= 11 is 0. The van der Waals surface area contributed by atoms with E-state index in [2.05, 4.69) is 4.98 Å². The molecule has 0 radical (unpaired) electrons. The van der Waals surface area contributed by atoms with Crippen molar-refractivity contribution >= 4 is 28.0 Å². The zero-order chi connectivity index (χ0) is 15.3. The minimum Gasteiger partial charge on any atom is -0.506 e. The fourth-order valence-corrected chi connectivity index (χ4v) is 2.95. The van der Waals surface area contributed by atoms with Crippen LogP contribution in [0, 0.1) is 6.92 Å². The average Bonchev–Trinajstić information content (AvgIpc) is 2.79. The second-order valence-electron chi connectivity index (χ2n) is 5.44. The molecule has 1 heterocycles. The molecule has 0 bridgehead atoms. The first-order valence-corrected chi connectivity index (χ1v) is 7.11. The number of aromatic nitrogens is 1. The summed E-state index contributed by atoms with van der Waals surface area (Å²) in [4.78, 5) is 17.1. The molecule has 0 spiro atoms. The molecule has 1 aliphatic rings. The molecule has 3 nitrogen and oxygen atoms in total. The van der Waals surface area contributed by atoms with Gasteiger partial charge in [-0.25, -0.2) is 4.98 Å². The van der Waals surface area contributed by atoms with Crippen molar-refractivity contribution in [2.75, 3.05) is 0 Å². The number of carbonyl (C=O) groups excluding carboxylic acids is 1. The Hall–Kier alpha value is -2.94. The van der Waals surface area contributed by atoms with Crippen LogP contribution in [0.4, 0.5) is 0 Å². The molecule has 0 saturated heterocycles. The summed E-state index contributed by atoms with van der Waals surface area (Å²) in [6, 6.07) is 16.7. The van der Waals surface area contributed by atoms with E-state index < -0.39 is 0 Å². The van der Waals surface area contributed by atoms with Gasteiger partial charge in [0.25, 0.3) is 0 Å². The Morgan fingerprint density at radius 2 is 1.68 bits per heavy atom. The van der Waals surface area contributed by atoms with E-state index in [9.17, 15) is 9.90 Å². The Bertz CT molecular complexity index is 970. The number of hydrogen-bond acceptors (Lipinski definition) is 3. The maximum Gasteiger partial charge on any atom is 0.199 e. The summed E-state index contributed by atoms with van der Waals surface area (Å²) in [5.41, 5.74) is 3.86. The normalized spacial score (nSPS) is 13.8. The van der Waals surface area contributed by atoms with Gasteiger partial charge in [-0.1, -0.05) is 42.5 Å². The molecule has 0 saturated carbocycles. The first kappa shape index (κ1) is 12.8. The van der Waals surface area contributed by atoms with Gasteiger partial charge >= 0.3 is 0 Å². The van der Waals surface area contributed by atoms with Crippen LogP contribution in [0.1, 0.15) is 27.2 Å². The van der Waals surface area contributed by atoms with Crippen molar-refractivity contribution < 1.29 is 9.90 Å². The van der Waals surface area contributed by atoms with E-state index in [0.29, 0.717) is 16.8 Å². The molecule has 22 heavy (non-hydrogen) atoms. The average molecular weight is 287 g/mol. The van der Waals surface area contributed by atoms with Gasteiger partial charge < -0.3 is 5.11 Å². The van der Waals surface area contributed by atoms with Crippen molar-refractivity contribution in [2.45, 2.75) is 6.92 Å². The van der Waals surface area contributed by atoms with Gasteiger partial charge in [-0.15, -0.1) is 0 Å². The number of fused-ring (bicyclic) bond motifs is 2. The molecule has 0 fully saturated rings. The van der Waals surface area contributed by atoms with Crippen LogP contribution >= 0.6 is 0 Å². The monoisotopic (exact) mass is 287 g/mol. The number of ketones is 1. The number of carbonyl (C=O) groups is 1. The summed E-state index contributed by atoms with van der Waals surface area (Å²) in [6.45, 7) is 2.02. The minimum atomic E-state index is -0.174. The SMILES string of the molecule is Cc1cccc2nc(C3=C(O)c4ccccc4C3=O)ccc12. The van der Waals surface area contributed by atoms with Crippen molar-refractivity contribution in [3.05, 3.63) is 77.0 Å². The van der Waals surface area contributed by atoms with E-state index in [-0.39, 0.29) is 17.1 Å². The molecule has 3 heteroatoms. The minimum absolute atomic E-state index is 0.0140. The molecule has 4 rings (SSSR count). The number of aliphatic hydroxyl groups is 1. The summed E-state index contributed by atoms with van der Waals surface area (Å²) < 4.78 is 0. The summed E-state index contributed by atoms with van der Waals surface area (Å²) in [7, 11) is 0. The third kappa shape index (κ3) is 1.69. The van der Waals surface area contributed by atoms with E-state index in [0.717, 1.165) is 16.5 Å². The zero-order valence-electron chi connectivity index (χ0n) is 12.0. The number of Topliss-reactive ketones (excluding diaryl/α,β-unsaturated/α-hetero) is 1. The second kappa shape index (κ2) is 4.53. The Morgan fingerprint density at radius 3 is 2.45 bits per heavy atom. The van der Waals surface area contributed by atoms with Crippen LogP contribution in [0.15, 0.2) is 54.6 Å². The quantitative estimate of drug-likeness (QED) is 0.731. The van der Waals surface area contributed by atoms with Crippen LogP contribution < -0.4 is 0 Å². The summed E-state index contributed by atoms with van der Waals surface area (Å²) in [5, 5.41) is 11.5. The topological polar surface area (TPSA) is 50.2 Å². The van der Waals surface area contributed by atoms with Gasteiger partial charge in [0.1, 0.15) is 5.76 Å². The molecule has 1 N–H and O–H groups in total. The molecular formula is C19H13NO2. The van der Waals surface area contributed by atoms with Crippen LogP contribution in [-0.4, -0.2) is 15.9 Å². The van der Waals surface area contributed by atoms with Crippen molar-refractivity contribution in [3.63, 3.8) is 0 Å². The molecular weight excluding hydrogens is 274 g/mol. The standard InChI is InChI=1S/C19H13NO2/c1-11-5-4-8-15-12(11)9-10-16(20-15)17-18(21)13-6-2-3-7-14(13)19(17)22/h2-10,21H,1H3. The fourth-order valence-electron chi connectivity index (χ4n) is 2.95. The lowest BCUT2D eigenvalue weighted by molar-refractivity contribution is 0.105. The third-order valence-electron chi connectivity index (χ3n) is 4.10. The highest BCUT2D eigenvalue weighted by atomic mass is 16.3. The number of nitrogens with zero attached hydrogens (tertiary/aromatic N) is 1. The Morgan fingerprint density at radius 1 is 0.909 bits per heavy atom. The van der Waals surface area contributed by atoms with E-state index in [1.807, 2.05) is 37.3 Å². The Balaban J connectivity index is 1.93. The van der Waals surface area contributed by atoms with Gasteiger partial charge in [-0.05, 0) is 24.6 Å². The number of aryl methyl sites for hydroxylation is 1. The molecule has 1 aliphatic carbocycles. The first-order chi connectivity index (χ1) is 10.7. The Kier molecular flexibility index (Phi) is 2.63. The van der Waals surface area contributed by atoms with Gasteiger partial charge in [0.05, 0.1) is 16.8 Å². The van der Waals surface area contributed by atoms with E-state index in [1.54, 1.807) is 24.3 Å². The molecule has 2 aromatic carbocycles. The molecule has 0 atom stereocenters. The largest absolute Gasteiger partial charge is 0.506 e. The number of benzene rings is 2. The van der Waals surface area contributed by atoms with Gasteiger partial charge in [0, 0.05) is 16.5 Å². The highest BCUT2D eigenvalue weighted by Gasteiger charge is 2.31. The summed E-state index contributed by atoms with van der Waals surface area (Å²) in [6.07, 6.45) is 0. The van der Waals surface area contributed by atoms with Gasteiger partial charge in [0.2, 0.25) is 0 Å². The van der Waals surface area contributed by atoms with Gasteiger partial charge in [-0.2, -0.15) is 0 Å². The maximum atomic E-state index is 12.6. The molecule has 0 amide bonds. The van der Waals surface area contributed by atoms with Crippen LogP contribution in [0.5, 0.6) is 0 Å². The number of rotatable bonds is 1. The highest BCUT2D eigenvalue weighted by molar-refractivity contribution is 6.38. The van der Waals surface area contributed by atoms with Crippen LogP contribution in [0.2, 0.25) is 0 Å². The number of pyridine rings is 1. The Labute approximate surface area is 127 Å². The lowest BCUT2D eigenvalue weighted by atomic mass is 10.0. The smallest absolute Gasteiger partial charge is 0.199 e. The van der Waals surface area contributed by atoms with E-state index in [4.69, 9.17) is 0 Å². The van der Waals surface area contributed by atoms with E-state index >= 15 is 0 Å².